The van der Waals surface area contributed by atoms with Crippen LogP contribution >= 0.6 is 0 Å². The topological polar surface area (TPSA) is 77.1 Å². The van der Waals surface area contributed by atoms with Gasteiger partial charge in [-0.1, -0.05) is 0 Å². The molecule has 0 bridgehead atoms. The van der Waals surface area contributed by atoms with Gasteiger partial charge in [0.15, 0.2) is 0 Å². The highest BCUT2D eigenvalue weighted by molar-refractivity contribution is 5.92. The lowest BCUT2D eigenvalue weighted by Crippen LogP contribution is -2.30. The molecule has 3 heterocycles. The van der Waals surface area contributed by atoms with Gasteiger partial charge >= 0.3 is 0 Å². The lowest BCUT2D eigenvalue weighted by Gasteiger charge is -2.14. The summed E-state index contributed by atoms with van der Waals surface area (Å²) in [5.74, 6) is 0.304. The third-order valence-electron chi connectivity index (χ3n) is 3.49. The van der Waals surface area contributed by atoms with Crippen molar-refractivity contribution in [3.63, 3.8) is 0 Å². The molecule has 0 aliphatic rings. The van der Waals surface area contributed by atoms with Crippen molar-refractivity contribution in [2.45, 2.75) is 26.8 Å². The summed E-state index contributed by atoms with van der Waals surface area (Å²) >= 11 is 0. The molecule has 3 rings (SSSR count). The molecule has 0 fully saturated rings. The number of amides is 1. The van der Waals surface area contributed by atoms with Crippen LogP contribution in [0.1, 0.15) is 34.8 Å². The van der Waals surface area contributed by atoms with E-state index in [0.717, 1.165) is 11.4 Å². The third-order valence-corrected chi connectivity index (χ3v) is 3.49. The van der Waals surface area contributed by atoms with E-state index in [2.05, 4.69) is 20.4 Å². The first kappa shape index (κ1) is 14.2. The molecule has 0 radical (unpaired) electrons. The second-order valence-corrected chi connectivity index (χ2v) is 5.38. The number of rotatable bonds is 4. The summed E-state index contributed by atoms with van der Waals surface area (Å²) in [6, 6.07) is 3.89. The Bertz CT molecular complexity index is 785. The van der Waals surface area contributed by atoms with Crippen LogP contribution in [0.4, 0.5) is 0 Å². The Labute approximate surface area is 128 Å². The monoisotopic (exact) mass is 298 g/mol. The van der Waals surface area contributed by atoms with Gasteiger partial charge < -0.3 is 5.32 Å². The van der Waals surface area contributed by atoms with Gasteiger partial charge in [0, 0.05) is 30.8 Å². The molecule has 1 amide bonds. The second-order valence-electron chi connectivity index (χ2n) is 5.38. The van der Waals surface area contributed by atoms with Gasteiger partial charge in [-0.05, 0) is 32.9 Å². The van der Waals surface area contributed by atoms with Crippen molar-refractivity contribution in [2.24, 2.45) is 0 Å². The molecule has 3 aromatic heterocycles. The summed E-state index contributed by atoms with van der Waals surface area (Å²) in [6.07, 6.45) is 5.13. The number of carbonyl (C=O) groups excluding carboxylic acids is 1. The molecule has 0 aromatic carbocycles. The van der Waals surface area contributed by atoms with E-state index in [1.165, 1.54) is 0 Å². The molecule has 0 saturated heterocycles. The van der Waals surface area contributed by atoms with Gasteiger partial charge in [-0.3, -0.25) is 13.9 Å². The third kappa shape index (κ3) is 2.69. The van der Waals surface area contributed by atoms with Crippen LogP contribution < -0.4 is 5.32 Å². The Hall–Kier alpha value is -2.70. The molecule has 114 valence electrons. The molecule has 7 heteroatoms. The molecule has 1 atom stereocenters. The van der Waals surface area contributed by atoms with Gasteiger partial charge in [-0.15, -0.1) is 0 Å². The standard InChI is InChI=1S/C15H18N6O/c1-10-7-11(2)21(19-10)12(3)8-17-14(22)13-9-20-6-4-5-16-15(20)18-13/h4-7,9,12H,8H2,1-3H3,(H,17,22). The van der Waals surface area contributed by atoms with Crippen molar-refractivity contribution >= 4 is 11.7 Å². The lowest BCUT2D eigenvalue weighted by molar-refractivity contribution is 0.0943. The highest BCUT2D eigenvalue weighted by Crippen LogP contribution is 2.10. The van der Waals surface area contributed by atoms with Gasteiger partial charge in [-0.25, -0.2) is 9.97 Å². The van der Waals surface area contributed by atoms with Crippen LogP contribution in [0.15, 0.2) is 30.7 Å². The maximum atomic E-state index is 12.2. The van der Waals surface area contributed by atoms with Crippen LogP contribution in [-0.2, 0) is 0 Å². The van der Waals surface area contributed by atoms with E-state index < -0.39 is 0 Å². The van der Waals surface area contributed by atoms with E-state index in [0.29, 0.717) is 18.0 Å². The first-order valence-electron chi connectivity index (χ1n) is 7.15. The minimum absolute atomic E-state index is 0.0767. The fraction of sp³-hybridized carbons (Fsp3) is 0.333. The zero-order valence-corrected chi connectivity index (χ0v) is 12.8. The number of hydrogen-bond donors (Lipinski definition) is 1. The van der Waals surface area contributed by atoms with Crippen molar-refractivity contribution in [1.82, 2.24) is 29.5 Å². The van der Waals surface area contributed by atoms with Crippen LogP contribution in [0.25, 0.3) is 5.78 Å². The van der Waals surface area contributed by atoms with E-state index in [1.54, 1.807) is 22.9 Å². The summed E-state index contributed by atoms with van der Waals surface area (Å²) in [4.78, 5) is 20.5. The molecule has 3 aromatic rings. The van der Waals surface area contributed by atoms with Crippen LogP contribution in [0.2, 0.25) is 0 Å². The van der Waals surface area contributed by atoms with Crippen molar-refractivity contribution in [1.29, 1.82) is 0 Å². The van der Waals surface area contributed by atoms with Crippen molar-refractivity contribution < 1.29 is 4.79 Å². The Morgan fingerprint density at radius 2 is 2.23 bits per heavy atom. The van der Waals surface area contributed by atoms with Gasteiger partial charge in [0.25, 0.3) is 5.91 Å². The average Bonchev–Trinajstić information content (AvgIpc) is 3.07. The number of hydrogen-bond acceptors (Lipinski definition) is 4. The van der Waals surface area contributed by atoms with Crippen LogP contribution in [0.3, 0.4) is 0 Å². The van der Waals surface area contributed by atoms with Crippen LogP contribution in [0.5, 0.6) is 0 Å². The molecule has 0 aliphatic carbocycles. The predicted octanol–water partition coefficient (Wildman–Crippen LogP) is 1.53. The summed E-state index contributed by atoms with van der Waals surface area (Å²) in [6.45, 7) is 6.47. The molecular formula is C15H18N6O. The summed E-state index contributed by atoms with van der Waals surface area (Å²) < 4.78 is 3.64. The zero-order chi connectivity index (χ0) is 15.7. The number of fused-ring (bicyclic) bond motifs is 1. The summed E-state index contributed by atoms with van der Waals surface area (Å²) in [7, 11) is 0. The first-order valence-corrected chi connectivity index (χ1v) is 7.15. The predicted molar refractivity (Wildman–Crippen MR) is 81.7 cm³/mol. The normalized spacial score (nSPS) is 12.5. The van der Waals surface area contributed by atoms with E-state index in [9.17, 15) is 4.79 Å². The number of aryl methyl sites for hydroxylation is 2. The molecule has 22 heavy (non-hydrogen) atoms. The Morgan fingerprint density at radius 3 is 2.91 bits per heavy atom. The van der Waals surface area contributed by atoms with Crippen LogP contribution in [0, 0.1) is 13.8 Å². The van der Waals surface area contributed by atoms with E-state index in [1.807, 2.05) is 37.7 Å². The first-order chi connectivity index (χ1) is 10.5. The maximum absolute atomic E-state index is 12.2. The van der Waals surface area contributed by atoms with Gasteiger partial charge in [-0.2, -0.15) is 5.10 Å². The van der Waals surface area contributed by atoms with E-state index in [-0.39, 0.29) is 11.9 Å². The van der Waals surface area contributed by atoms with E-state index in [4.69, 9.17) is 0 Å². The van der Waals surface area contributed by atoms with Gasteiger partial charge in [0.1, 0.15) is 5.69 Å². The quantitative estimate of drug-likeness (QED) is 0.792. The Balaban J connectivity index is 1.68. The fourth-order valence-electron chi connectivity index (χ4n) is 2.45. The Morgan fingerprint density at radius 1 is 1.41 bits per heavy atom. The Kier molecular flexibility index (Phi) is 3.62. The highest BCUT2D eigenvalue weighted by Gasteiger charge is 2.14. The van der Waals surface area contributed by atoms with Gasteiger partial charge in [0.05, 0.1) is 11.7 Å². The second kappa shape index (κ2) is 5.59. The molecule has 1 N–H and O–H groups in total. The molecular weight excluding hydrogens is 280 g/mol. The molecule has 0 aliphatic heterocycles. The van der Waals surface area contributed by atoms with Crippen molar-refractivity contribution in [3.05, 3.63) is 47.8 Å². The van der Waals surface area contributed by atoms with Gasteiger partial charge in [0.2, 0.25) is 5.78 Å². The number of nitrogens with one attached hydrogen (secondary N) is 1. The molecule has 0 spiro atoms. The highest BCUT2D eigenvalue weighted by atomic mass is 16.1. The maximum Gasteiger partial charge on any atom is 0.271 e. The number of carbonyl (C=O) groups is 1. The largest absolute Gasteiger partial charge is 0.349 e. The van der Waals surface area contributed by atoms with Crippen molar-refractivity contribution in [2.75, 3.05) is 6.54 Å². The minimum atomic E-state index is -0.209. The summed E-state index contributed by atoms with van der Waals surface area (Å²) in [5.41, 5.74) is 2.41. The number of nitrogens with zero attached hydrogens (tertiary/aromatic N) is 5. The van der Waals surface area contributed by atoms with Crippen LogP contribution in [-0.4, -0.2) is 36.6 Å². The smallest absolute Gasteiger partial charge is 0.271 e. The van der Waals surface area contributed by atoms with E-state index >= 15 is 0 Å². The number of imidazole rings is 1. The fourth-order valence-corrected chi connectivity index (χ4v) is 2.45. The lowest BCUT2D eigenvalue weighted by atomic mass is 10.3. The average molecular weight is 298 g/mol. The number of aromatic nitrogens is 5. The van der Waals surface area contributed by atoms with Crippen molar-refractivity contribution in [3.8, 4) is 0 Å². The summed E-state index contributed by atoms with van der Waals surface area (Å²) in [5, 5.41) is 7.32. The zero-order valence-electron chi connectivity index (χ0n) is 12.8. The minimum Gasteiger partial charge on any atom is -0.349 e. The molecule has 7 nitrogen and oxygen atoms in total. The molecule has 1 unspecified atom stereocenters. The molecule has 0 saturated carbocycles. The SMILES string of the molecule is Cc1cc(C)n(C(C)CNC(=O)c2cn3cccnc3n2)n1.